The quantitative estimate of drug-likeness (QED) is 0.783. The average Bonchev–Trinajstić information content (AvgIpc) is 2.82. The molecule has 2 aromatic carbocycles. The Kier molecular flexibility index (Phi) is 5.18. The number of rotatable bonds is 3. The van der Waals surface area contributed by atoms with E-state index < -0.39 is 0 Å². The van der Waals surface area contributed by atoms with Crippen molar-refractivity contribution < 1.29 is 5.11 Å². The van der Waals surface area contributed by atoms with Gasteiger partial charge in [-0.25, -0.2) is 0 Å². The van der Waals surface area contributed by atoms with E-state index in [2.05, 4.69) is 10.6 Å². The lowest BCUT2D eigenvalue weighted by Gasteiger charge is -2.16. The summed E-state index contributed by atoms with van der Waals surface area (Å²) in [6.07, 6.45) is 0. The number of fused-ring (bicyclic) bond motifs is 1. The summed E-state index contributed by atoms with van der Waals surface area (Å²) in [4.78, 5) is 2.01. The van der Waals surface area contributed by atoms with Crippen molar-refractivity contribution in [2.75, 3.05) is 14.1 Å². The monoisotopic (exact) mass is 341 g/mol. The van der Waals surface area contributed by atoms with Gasteiger partial charge in [-0.05, 0) is 45.3 Å². The third kappa shape index (κ3) is 2.84. The number of halogens is 1. The molecule has 124 valence electrons. The fourth-order valence-corrected chi connectivity index (χ4v) is 3.07. The maximum Gasteiger partial charge on any atom is 0.122 e. The molecule has 0 bridgehead atoms. The van der Waals surface area contributed by atoms with Crippen LogP contribution in [0.15, 0.2) is 42.5 Å². The Hall–Kier alpha value is -2.48. The molecule has 3 aromatic rings. The molecular weight excluding hydrogens is 322 g/mol. The van der Waals surface area contributed by atoms with Crippen LogP contribution in [0.25, 0.3) is 16.6 Å². The van der Waals surface area contributed by atoms with E-state index in [0.717, 1.165) is 27.8 Å². The Bertz CT molecular complexity index is 908. The average molecular weight is 342 g/mol. The van der Waals surface area contributed by atoms with Crippen LogP contribution in [0.1, 0.15) is 16.8 Å². The highest BCUT2D eigenvalue weighted by molar-refractivity contribution is 5.93. The molecule has 0 saturated carbocycles. The molecule has 0 aliphatic heterocycles. The summed E-state index contributed by atoms with van der Waals surface area (Å²) in [5, 5.41) is 20.8. The molecule has 4 nitrogen and oxygen atoms in total. The van der Waals surface area contributed by atoms with Gasteiger partial charge in [-0.2, -0.15) is 5.26 Å². The standard InChI is InChI=1S/C19H19N3O.ClH/c1-13-16(11-20)15-9-10-18(23)17(12-21(2)3)19(15)22(13)14-7-5-4-6-8-14;/h4-10,23H,12H2,1-3H3;1H. The van der Waals surface area contributed by atoms with Crippen LogP contribution in [0.4, 0.5) is 0 Å². The summed E-state index contributed by atoms with van der Waals surface area (Å²) in [7, 11) is 3.93. The first-order valence-electron chi connectivity index (χ1n) is 7.50. The summed E-state index contributed by atoms with van der Waals surface area (Å²) in [6.45, 7) is 2.55. The number of aromatic nitrogens is 1. The van der Waals surface area contributed by atoms with Crippen LogP contribution in [-0.2, 0) is 6.54 Å². The molecule has 0 saturated heterocycles. The van der Waals surface area contributed by atoms with Crippen molar-refractivity contribution in [3.8, 4) is 17.5 Å². The van der Waals surface area contributed by atoms with Crippen LogP contribution in [0, 0.1) is 18.3 Å². The lowest BCUT2D eigenvalue weighted by atomic mass is 10.1. The fraction of sp³-hybridized carbons (Fsp3) is 0.211. The predicted octanol–water partition coefficient (Wildman–Crippen LogP) is 4.00. The zero-order valence-corrected chi connectivity index (χ0v) is 14.8. The molecule has 0 fully saturated rings. The van der Waals surface area contributed by atoms with Gasteiger partial charge in [-0.3, -0.25) is 0 Å². The molecule has 0 radical (unpaired) electrons. The summed E-state index contributed by atoms with van der Waals surface area (Å²) in [5.74, 6) is 0.255. The summed E-state index contributed by atoms with van der Waals surface area (Å²) >= 11 is 0. The summed E-state index contributed by atoms with van der Waals surface area (Å²) in [5.41, 5.74) is 4.27. The molecule has 24 heavy (non-hydrogen) atoms. The fourth-order valence-electron chi connectivity index (χ4n) is 3.07. The summed E-state index contributed by atoms with van der Waals surface area (Å²) < 4.78 is 2.06. The van der Waals surface area contributed by atoms with Crippen LogP contribution in [0.2, 0.25) is 0 Å². The van der Waals surface area contributed by atoms with Crippen molar-refractivity contribution in [2.24, 2.45) is 0 Å². The second-order valence-corrected chi connectivity index (χ2v) is 5.94. The van der Waals surface area contributed by atoms with Gasteiger partial charge in [0.1, 0.15) is 11.8 Å². The van der Waals surface area contributed by atoms with Crippen LogP contribution < -0.4 is 0 Å². The zero-order valence-electron chi connectivity index (χ0n) is 13.9. The van der Waals surface area contributed by atoms with E-state index in [1.807, 2.05) is 62.3 Å². The first kappa shape index (κ1) is 17.9. The Morgan fingerprint density at radius 2 is 1.79 bits per heavy atom. The van der Waals surface area contributed by atoms with Crippen molar-refractivity contribution >= 4 is 23.3 Å². The van der Waals surface area contributed by atoms with Crippen molar-refractivity contribution in [2.45, 2.75) is 13.5 Å². The highest BCUT2D eigenvalue weighted by Crippen LogP contribution is 2.35. The number of para-hydroxylation sites is 1. The van der Waals surface area contributed by atoms with E-state index in [4.69, 9.17) is 0 Å². The molecule has 0 aliphatic rings. The van der Waals surface area contributed by atoms with Gasteiger partial charge in [-0.15, -0.1) is 12.4 Å². The largest absolute Gasteiger partial charge is 0.508 e. The molecular formula is C19H20ClN3O. The molecule has 1 aromatic heterocycles. The van der Waals surface area contributed by atoms with Crippen molar-refractivity contribution in [1.82, 2.24) is 9.47 Å². The lowest BCUT2D eigenvalue weighted by molar-refractivity contribution is 0.387. The van der Waals surface area contributed by atoms with Gasteiger partial charge in [0.2, 0.25) is 0 Å². The second kappa shape index (κ2) is 6.96. The topological polar surface area (TPSA) is 52.2 Å². The van der Waals surface area contributed by atoms with E-state index in [-0.39, 0.29) is 18.2 Å². The molecule has 1 heterocycles. The van der Waals surface area contributed by atoms with Gasteiger partial charge in [0.25, 0.3) is 0 Å². The Morgan fingerprint density at radius 3 is 2.38 bits per heavy atom. The molecule has 0 atom stereocenters. The molecule has 3 rings (SSSR count). The molecule has 0 aliphatic carbocycles. The number of phenolic OH excluding ortho intramolecular Hbond substituents is 1. The Morgan fingerprint density at radius 1 is 1.12 bits per heavy atom. The Balaban J connectivity index is 0.00000208. The third-order valence-corrected chi connectivity index (χ3v) is 4.05. The van der Waals surface area contributed by atoms with E-state index in [1.54, 1.807) is 6.07 Å². The van der Waals surface area contributed by atoms with Gasteiger partial charge < -0.3 is 14.6 Å². The van der Waals surface area contributed by atoms with Crippen molar-refractivity contribution in [3.05, 3.63) is 59.3 Å². The summed E-state index contributed by atoms with van der Waals surface area (Å²) in [6, 6.07) is 15.8. The van der Waals surface area contributed by atoms with Gasteiger partial charge in [0.15, 0.2) is 0 Å². The van der Waals surface area contributed by atoms with Crippen LogP contribution in [-0.4, -0.2) is 28.7 Å². The normalized spacial score (nSPS) is 10.6. The highest BCUT2D eigenvalue weighted by atomic mass is 35.5. The maximum atomic E-state index is 10.4. The van der Waals surface area contributed by atoms with Gasteiger partial charge in [0, 0.05) is 28.9 Å². The van der Waals surface area contributed by atoms with Crippen LogP contribution in [0.3, 0.4) is 0 Å². The third-order valence-electron chi connectivity index (χ3n) is 4.05. The number of benzene rings is 2. The molecule has 0 amide bonds. The number of phenols is 1. The number of hydrogen-bond acceptors (Lipinski definition) is 3. The number of nitriles is 1. The van der Waals surface area contributed by atoms with E-state index in [1.165, 1.54) is 0 Å². The van der Waals surface area contributed by atoms with Crippen LogP contribution in [0.5, 0.6) is 5.75 Å². The molecule has 0 unspecified atom stereocenters. The molecule has 5 heteroatoms. The van der Waals surface area contributed by atoms with E-state index in [9.17, 15) is 10.4 Å². The van der Waals surface area contributed by atoms with Crippen molar-refractivity contribution in [1.29, 1.82) is 5.26 Å². The highest BCUT2D eigenvalue weighted by Gasteiger charge is 2.20. The minimum Gasteiger partial charge on any atom is -0.508 e. The predicted molar refractivity (Wildman–Crippen MR) is 99.0 cm³/mol. The lowest BCUT2D eigenvalue weighted by Crippen LogP contribution is -2.12. The SMILES string of the molecule is Cc1c(C#N)c2ccc(O)c(CN(C)C)c2n1-c1ccccc1.Cl. The smallest absolute Gasteiger partial charge is 0.122 e. The first-order valence-corrected chi connectivity index (χ1v) is 7.50. The van der Waals surface area contributed by atoms with Gasteiger partial charge >= 0.3 is 0 Å². The van der Waals surface area contributed by atoms with Crippen LogP contribution >= 0.6 is 12.4 Å². The van der Waals surface area contributed by atoms with Gasteiger partial charge in [0.05, 0.1) is 11.1 Å². The number of nitrogens with zero attached hydrogens (tertiary/aromatic N) is 3. The van der Waals surface area contributed by atoms with Crippen molar-refractivity contribution in [3.63, 3.8) is 0 Å². The zero-order chi connectivity index (χ0) is 16.6. The Labute approximate surface area is 148 Å². The second-order valence-electron chi connectivity index (χ2n) is 5.94. The van der Waals surface area contributed by atoms with Gasteiger partial charge in [-0.1, -0.05) is 18.2 Å². The number of hydrogen-bond donors (Lipinski definition) is 1. The van der Waals surface area contributed by atoms with E-state index >= 15 is 0 Å². The maximum absolute atomic E-state index is 10.4. The molecule has 1 N–H and O–H groups in total. The minimum atomic E-state index is 0. The molecule has 0 spiro atoms. The number of aromatic hydroxyl groups is 1. The first-order chi connectivity index (χ1) is 11.0. The van der Waals surface area contributed by atoms with E-state index in [0.29, 0.717) is 12.1 Å². The minimum absolute atomic E-state index is 0.